The molecule has 0 radical (unpaired) electrons. The second-order valence-corrected chi connectivity index (χ2v) is 19.9. The number of carboxylic acid groups (broad SMARTS) is 1. The summed E-state index contributed by atoms with van der Waals surface area (Å²) in [7, 11) is 0. The topological polar surface area (TPSA) is 175 Å². The van der Waals surface area contributed by atoms with Crippen LogP contribution in [0.15, 0.2) is 109 Å². The molecule has 0 aromatic rings. The number of hydrogen-bond donors (Lipinski definition) is 3. The molecular weight excluding hydrogens is 973 g/mol. The molecule has 0 amide bonds. The number of esters is 3. The van der Waals surface area contributed by atoms with Crippen molar-refractivity contribution in [3.05, 3.63) is 109 Å². The zero-order valence-electron chi connectivity index (χ0n) is 47.9. The van der Waals surface area contributed by atoms with E-state index >= 15 is 0 Å². The minimum Gasteiger partial charge on any atom is -0.479 e. The molecule has 0 bridgehead atoms. The number of rotatable bonds is 49. The highest BCUT2D eigenvalue weighted by molar-refractivity contribution is 5.74. The van der Waals surface area contributed by atoms with Crippen LogP contribution in [0.5, 0.6) is 0 Å². The third-order valence-electron chi connectivity index (χ3n) is 12.8. The summed E-state index contributed by atoms with van der Waals surface area (Å²) in [6, 6.07) is 0. The lowest BCUT2D eigenvalue weighted by molar-refractivity contribution is -0.301. The van der Waals surface area contributed by atoms with Crippen LogP contribution in [0.1, 0.15) is 226 Å². The Morgan fingerprint density at radius 2 is 0.818 bits per heavy atom. The van der Waals surface area contributed by atoms with Crippen LogP contribution in [-0.4, -0.2) is 89.2 Å². The highest BCUT2D eigenvalue weighted by Gasteiger charge is 2.50. The molecule has 1 aliphatic rings. The SMILES string of the molecule is CC/C=C\C/C=C\C/C=C\C/C=C\C/C=C\CCCCCC(=O)OCC(COC1OC(C(=O)O)C(O)C(O)C1OC(=O)CCCC/C=C\C/C=C\C/C=C\C/C=C\CC)OC(=O)CCCCCCCCCCCCCCC. The molecule has 3 N–H and O–H groups in total. The van der Waals surface area contributed by atoms with Gasteiger partial charge in [-0.3, -0.25) is 14.4 Å². The zero-order chi connectivity index (χ0) is 56.1. The van der Waals surface area contributed by atoms with E-state index in [1.54, 1.807) is 0 Å². The summed E-state index contributed by atoms with van der Waals surface area (Å²) in [6.45, 7) is 5.71. The molecule has 0 spiro atoms. The van der Waals surface area contributed by atoms with Gasteiger partial charge in [-0.15, -0.1) is 0 Å². The van der Waals surface area contributed by atoms with Crippen molar-refractivity contribution in [2.45, 2.75) is 263 Å². The summed E-state index contributed by atoms with van der Waals surface area (Å²) in [5.41, 5.74) is 0. The van der Waals surface area contributed by atoms with Crippen LogP contribution < -0.4 is 0 Å². The van der Waals surface area contributed by atoms with Gasteiger partial charge in [0, 0.05) is 19.3 Å². The van der Waals surface area contributed by atoms with Crippen LogP contribution >= 0.6 is 0 Å². The molecule has 0 saturated carbocycles. The lowest BCUT2D eigenvalue weighted by atomic mass is 9.98. The van der Waals surface area contributed by atoms with Gasteiger partial charge in [0.15, 0.2) is 24.6 Å². The van der Waals surface area contributed by atoms with Gasteiger partial charge in [-0.05, 0) is 103 Å². The molecule has 12 nitrogen and oxygen atoms in total. The van der Waals surface area contributed by atoms with Crippen LogP contribution in [0.2, 0.25) is 0 Å². The van der Waals surface area contributed by atoms with Crippen molar-refractivity contribution in [3.8, 4) is 0 Å². The molecule has 1 heterocycles. The lowest BCUT2D eigenvalue weighted by Gasteiger charge is -2.40. The van der Waals surface area contributed by atoms with E-state index in [1.807, 2.05) is 0 Å². The summed E-state index contributed by atoms with van der Waals surface area (Å²) in [4.78, 5) is 51.1. The summed E-state index contributed by atoms with van der Waals surface area (Å²) in [6.07, 6.45) is 57.7. The largest absolute Gasteiger partial charge is 0.479 e. The van der Waals surface area contributed by atoms with Gasteiger partial charge in [0.2, 0.25) is 0 Å². The minimum absolute atomic E-state index is 0.000676. The molecule has 6 atom stereocenters. The molecule has 1 rings (SSSR count). The molecule has 0 aliphatic carbocycles. The zero-order valence-corrected chi connectivity index (χ0v) is 47.9. The number of unbranched alkanes of at least 4 members (excludes halogenated alkanes) is 17. The van der Waals surface area contributed by atoms with Crippen molar-refractivity contribution in [2.75, 3.05) is 13.2 Å². The number of allylic oxidation sites excluding steroid dienone is 18. The molecule has 1 saturated heterocycles. The van der Waals surface area contributed by atoms with Gasteiger partial charge in [0.05, 0.1) is 6.61 Å². The van der Waals surface area contributed by atoms with Crippen molar-refractivity contribution >= 4 is 23.9 Å². The van der Waals surface area contributed by atoms with Crippen molar-refractivity contribution in [3.63, 3.8) is 0 Å². The number of carbonyl (C=O) groups is 4. The first-order valence-corrected chi connectivity index (χ1v) is 29.9. The normalized spacial score (nSPS) is 18.8. The first-order chi connectivity index (χ1) is 37.6. The molecule has 77 heavy (non-hydrogen) atoms. The average Bonchev–Trinajstić information content (AvgIpc) is 3.42. The van der Waals surface area contributed by atoms with E-state index in [9.17, 15) is 34.5 Å². The number of aliphatic hydroxyl groups is 2. The van der Waals surface area contributed by atoms with Crippen LogP contribution in [-0.2, 0) is 42.9 Å². The van der Waals surface area contributed by atoms with Crippen LogP contribution in [0.3, 0.4) is 0 Å². The highest BCUT2D eigenvalue weighted by Crippen LogP contribution is 2.26. The lowest BCUT2D eigenvalue weighted by Crippen LogP contribution is -2.61. The predicted molar refractivity (Wildman–Crippen MR) is 312 cm³/mol. The van der Waals surface area contributed by atoms with E-state index in [0.717, 1.165) is 103 Å². The number of aliphatic hydroxyl groups excluding tert-OH is 2. The number of ether oxygens (including phenoxy) is 5. The Bertz CT molecular complexity index is 1750. The third-order valence-corrected chi connectivity index (χ3v) is 12.8. The van der Waals surface area contributed by atoms with E-state index in [2.05, 4.69) is 130 Å². The molecule has 0 aromatic heterocycles. The Labute approximate surface area is 465 Å². The molecule has 436 valence electrons. The number of carbonyl (C=O) groups excluding carboxylic acids is 3. The van der Waals surface area contributed by atoms with E-state index < -0.39 is 67.3 Å². The summed E-state index contributed by atoms with van der Waals surface area (Å²) in [5.74, 6) is -3.22. The number of carboxylic acids is 1. The Hall–Kier alpha value is -4.62. The molecular formula is C65H104O12. The van der Waals surface area contributed by atoms with E-state index in [1.165, 1.54) is 57.8 Å². The van der Waals surface area contributed by atoms with Crippen molar-refractivity contribution in [1.82, 2.24) is 0 Å². The molecule has 12 heteroatoms. The van der Waals surface area contributed by atoms with Gasteiger partial charge >= 0.3 is 23.9 Å². The molecule has 1 fully saturated rings. The van der Waals surface area contributed by atoms with Crippen molar-refractivity contribution in [2.24, 2.45) is 0 Å². The molecule has 0 aromatic carbocycles. The Kier molecular flexibility index (Phi) is 47.6. The van der Waals surface area contributed by atoms with E-state index in [-0.39, 0.29) is 25.9 Å². The number of hydrogen-bond acceptors (Lipinski definition) is 11. The second-order valence-electron chi connectivity index (χ2n) is 19.9. The minimum atomic E-state index is -1.93. The Morgan fingerprint density at radius 1 is 0.442 bits per heavy atom. The predicted octanol–water partition coefficient (Wildman–Crippen LogP) is 15.4. The molecule has 6 unspecified atom stereocenters. The summed E-state index contributed by atoms with van der Waals surface area (Å²) in [5, 5.41) is 31.5. The van der Waals surface area contributed by atoms with Crippen LogP contribution in [0, 0.1) is 0 Å². The maximum atomic E-state index is 13.1. The van der Waals surface area contributed by atoms with Crippen molar-refractivity contribution < 1.29 is 58.2 Å². The smallest absolute Gasteiger partial charge is 0.335 e. The fourth-order valence-electron chi connectivity index (χ4n) is 8.33. The first-order valence-electron chi connectivity index (χ1n) is 29.9. The third kappa shape index (κ3) is 42.1. The fourth-order valence-corrected chi connectivity index (χ4v) is 8.33. The first kappa shape index (κ1) is 70.4. The van der Waals surface area contributed by atoms with Crippen LogP contribution in [0.25, 0.3) is 0 Å². The van der Waals surface area contributed by atoms with Crippen molar-refractivity contribution in [1.29, 1.82) is 0 Å². The van der Waals surface area contributed by atoms with Gasteiger partial charge in [-0.1, -0.05) is 214 Å². The second kappa shape index (κ2) is 52.1. The molecule has 1 aliphatic heterocycles. The quantitative estimate of drug-likeness (QED) is 0.0228. The van der Waals surface area contributed by atoms with Gasteiger partial charge in [0.1, 0.15) is 18.8 Å². The van der Waals surface area contributed by atoms with Crippen LogP contribution in [0.4, 0.5) is 0 Å². The number of aliphatic carboxylic acids is 1. The van der Waals surface area contributed by atoms with E-state index in [4.69, 9.17) is 23.7 Å². The standard InChI is InChI=1S/C65H104O12/c1-4-7-10-13-16-19-22-25-27-28-29-30-32-34-36-39-42-45-48-51-57(66)73-54-56(75-58(67)52-49-46-43-40-37-33-24-21-18-15-12-9-6-3)55-74-65-63(61(70)60(69)62(77-65)64(71)72)76-59(68)53-50-47-44-41-38-35-31-26-23-20-17-14-11-8-5-2/h7-8,10-11,16-17,19-20,25-27,29-31,34,36,38,41,56,60-63,65,69-70H,4-6,9,12-15,18,21-24,28,32-33,35,37,39-40,42-55H2,1-3H3,(H,71,72)/b10-7-,11-8-,19-16-,20-17-,27-25-,30-29-,31-26-,36-34-,41-38-. The summed E-state index contributed by atoms with van der Waals surface area (Å²) < 4.78 is 28.4. The fraction of sp³-hybridized carbons (Fsp3) is 0.662. The van der Waals surface area contributed by atoms with Gasteiger partial charge < -0.3 is 39.0 Å². The monoisotopic (exact) mass is 1080 g/mol. The maximum absolute atomic E-state index is 13.1. The van der Waals surface area contributed by atoms with Gasteiger partial charge in [0.25, 0.3) is 0 Å². The van der Waals surface area contributed by atoms with E-state index in [0.29, 0.717) is 25.7 Å². The van der Waals surface area contributed by atoms with Gasteiger partial charge in [-0.25, -0.2) is 4.79 Å². The Balaban J connectivity index is 2.73. The maximum Gasteiger partial charge on any atom is 0.335 e. The van der Waals surface area contributed by atoms with Gasteiger partial charge in [-0.2, -0.15) is 0 Å². The highest BCUT2D eigenvalue weighted by atomic mass is 16.7. The average molecular weight is 1080 g/mol. The summed E-state index contributed by atoms with van der Waals surface area (Å²) >= 11 is 0. The Morgan fingerprint density at radius 3 is 1.27 bits per heavy atom.